The maximum atomic E-state index is 13.9. The minimum atomic E-state index is -0.516. The van der Waals surface area contributed by atoms with Crippen LogP contribution in [0.2, 0.25) is 0 Å². The standard InChI is InChI=1S/C18H9BrFNO2S/c19-11-7-5-10(6-8-11)13-9-24-17-15(13)18(22)23-16(21-17)12-3-1-2-4-14(12)20/h1-9H. The van der Waals surface area contributed by atoms with Crippen LogP contribution in [0.15, 0.2) is 67.6 Å². The van der Waals surface area contributed by atoms with E-state index >= 15 is 0 Å². The molecule has 2 aromatic carbocycles. The summed E-state index contributed by atoms with van der Waals surface area (Å²) in [5, 5.41) is 2.28. The number of benzene rings is 2. The number of rotatable bonds is 2. The molecular formula is C18H9BrFNO2S. The van der Waals surface area contributed by atoms with E-state index < -0.39 is 11.4 Å². The van der Waals surface area contributed by atoms with Gasteiger partial charge in [-0.05, 0) is 29.8 Å². The van der Waals surface area contributed by atoms with Crippen molar-refractivity contribution in [2.24, 2.45) is 0 Å². The van der Waals surface area contributed by atoms with E-state index in [1.165, 1.54) is 23.5 Å². The molecule has 4 rings (SSSR count). The van der Waals surface area contributed by atoms with Gasteiger partial charge in [0.25, 0.3) is 0 Å². The van der Waals surface area contributed by atoms with E-state index in [9.17, 15) is 9.18 Å². The van der Waals surface area contributed by atoms with Crippen LogP contribution in [0.5, 0.6) is 0 Å². The van der Waals surface area contributed by atoms with Crippen molar-refractivity contribution >= 4 is 37.5 Å². The van der Waals surface area contributed by atoms with E-state index in [2.05, 4.69) is 20.9 Å². The Morgan fingerprint density at radius 3 is 2.54 bits per heavy atom. The summed E-state index contributed by atoms with van der Waals surface area (Å²) >= 11 is 4.73. The van der Waals surface area contributed by atoms with Gasteiger partial charge >= 0.3 is 5.63 Å². The van der Waals surface area contributed by atoms with E-state index in [0.717, 1.165) is 15.6 Å². The monoisotopic (exact) mass is 401 g/mol. The maximum Gasteiger partial charge on any atom is 0.348 e. The zero-order valence-electron chi connectivity index (χ0n) is 12.1. The lowest BCUT2D eigenvalue weighted by Gasteiger charge is -2.02. The molecule has 0 unspecified atom stereocenters. The Bertz CT molecular complexity index is 1100. The van der Waals surface area contributed by atoms with E-state index in [4.69, 9.17) is 4.42 Å². The molecule has 0 spiro atoms. The molecule has 0 aliphatic rings. The number of hydrogen-bond acceptors (Lipinski definition) is 4. The van der Waals surface area contributed by atoms with Gasteiger partial charge in [0.15, 0.2) is 0 Å². The van der Waals surface area contributed by atoms with Crippen LogP contribution in [-0.2, 0) is 0 Å². The van der Waals surface area contributed by atoms with E-state index in [0.29, 0.717) is 10.2 Å². The van der Waals surface area contributed by atoms with Gasteiger partial charge in [-0.15, -0.1) is 11.3 Å². The molecule has 3 nitrogen and oxygen atoms in total. The first-order valence-electron chi connectivity index (χ1n) is 7.06. The predicted molar refractivity (Wildman–Crippen MR) is 96.7 cm³/mol. The van der Waals surface area contributed by atoms with E-state index in [1.54, 1.807) is 12.1 Å². The van der Waals surface area contributed by atoms with Crippen molar-refractivity contribution < 1.29 is 8.81 Å². The van der Waals surface area contributed by atoms with Gasteiger partial charge in [-0.2, -0.15) is 0 Å². The first kappa shape index (κ1) is 15.2. The molecule has 0 aliphatic heterocycles. The summed E-state index contributed by atoms with van der Waals surface area (Å²) in [6, 6.07) is 13.7. The van der Waals surface area contributed by atoms with Crippen molar-refractivity contribution in [2.45, 2.75) is 0 Å². The summed E-state index contributed by atoms with van der Waals surface area (Å²) in [4.78, 5) is 17.3. The second kappa shape index (κ2) is 5.96. The molecule has 0 fully saturated rings. The molecule has 4 aromatic rings. The first-order chi connectivity index (χ1) is 11.6. The average molecular weight is 402 g/mol. The summed E-state index contributed by atoms with van der Waals surface area (Å²) in [5.41, 5.74) is 1.33. The molecule has 0 amide bonds. The van der Waals surface area contributed by atoms with Crippen LogP contribution in [-0.4, -0.2) is 4.98 Å². The molecule has 0 saturated heterocycles. The van der Waals surface area contributed by atoms with Crippen molar-refractivity contribution in [2.75, 3.05) is 0 Å². The third-order valence-corrected chi connectivity index (χ3v) is 5.03. The van der Waals surface area contributed by atoms with Gasteiger partial charge in [-0.3, -0.25) is 0 Å². The highest BCUT2D eigenvalue weighted by Crippen LogP contribution is 2.33. The van der Waals surface area contributed by atoms with Gasteiger partial charge in [-0.25, -0.2) is 14.2 Å². The number of nitrogens with zero attached hydrogens (tertiary/aromatic N) is 1. The summed E-state index contributed by atoms with van der Waals surface area (Å²) in [5.74, 6) is -0.480. The fourth-order valence-corrected chi connectivity index (χ4v) is 3.67. The SMILES string of the molecule is O=c1oc(-c2ccccc2F)nc2scc(-c3ccc(Br)cc3)c12. The van der Waals surface area contributed by atoms with Crippen molar-refractivity contribution in [3.63, 3.8) is 0 Å². The van der Waals surface area contributed by atoms with Gasteiger partial charge in [0.05, 0.1) is 5.56 Å². The number of fused-ring (bicyclic) bond motifs is 1. The Morgan fingerprint density at radius 1 is 1.04 bits per heavy atom. The van der Waals surface area contributed by atoms with E-state index in [1.807, 2.05) is 29.6 Å². The van der Waals surface area contributed by atoms with Gasteiger partial charge in [-0.1, -0.05) is 40.2 Å². The second-order valence-electron chi connectivity index (χ2n) is 5.12. The summed E-state index contributed by atoms with van der Waals surface area (Å²) < 4.78 is 20.2. The molecule has 0 aliphatic carbocycles. The van der Waals surface area contributed by atoms with Gasteiger partial charge in [0.2, 0.25) is 5.89 Å². The predicted octanol–water partition coefficient (Wildman–Crippen LogP) is 5.49. The maximum absolute atomic E-state index is 13.9. The lowest BCUT2D eigenvalue weighted by Crippen LogP contribution is -2.02. The zero-order chi connectivity index (χ0) is 16.7. The van der Waals surface area contributed by atoms with E-state index in [-0.39, 0.29) is 11.5 Å². The lowest BCUT2D eigenvalue weighted by atomic mass is 10.1. The molecule has 0 bridgehead atoms. The Balaban J connectivity index is 1.92. The molecule has 2 aromatic heterocycles. The number of aromatic nitrogens is 1. The van der Waals surface area contributed by atoms with Crippen LogP contribution >= 0.6 is 27.3 Å². The molecule has 24 heavy (non-hydrogen) atoms. The summed E-state index contributed by atoms with van der Waals surface area (Å²) in [6.45, 7) is 0. The first-order valence-corrected chi connectivity index (χ1v) is 8.74. The average Bonchev–Trinajstić information content (AvgIpc) is 3.00. The zero-order valence-corrected chi connectivity index (χ0v) is 14.5. The minimum absolute atomic E-state index is 0.00481. The van der Waals surface area contributed by atoms with Crippen LogP contribution in [0.25, 0.3) is 32.8 Å². The van der Waals surface area contributed by atoms with Gasteiger partial charge in [0.1, 0.15) is 16.0 Å². The largest absolute Gasteiger partial charge is 0.403 e. The minimum Gasteiger partial charge on any atom is -0.403 e. The van der Waals surface area contributed by atoms with Crippen molar-refractivity contribution in [3.8, 4) is 22.6 Å². The highest BCUT2D eigenvalue weighted by Gasteiger charge is 2.17. The van der Waals surface area contributed by atoms with Crippen LogP contribution < -0.4 is 5.63 Å². The normalized spacial score (nSPS) is 11.1. The topological polar surface area (TPSA) is 43.1 Å². The Labute approximate surface area is 148 Å². The van der Waals surface area contributed by atoms with Crippen LogP contribution in [0.3, 0.4) is 0 Å². The number of hydrogen-bond donors (Lipinski definition) is 0. The fourth-order valence-electron chi connectivity index (χ4n) is 2.47. The van der Waals surface area contributed by atoms with Crippen LogP contribution in [0.4, 0.5) is 4.39 Å². The Kier molecular flexibility index (Phi) is 3.78. The fraction of sp³-hybridized carbons (Fsp3) is 0. The lowest BCUT2D eigenvalue weighted by molar-refractivity contribution is 0.512. The molecular weight excluding hydrogens is 393 g/mol. The van der Waals surface area contributed by atoms with Gasteiger partial charge in [0, 0.05) is 15.4 Å². The van der Waals surface area contributed by atoms with Crippen LogP contribution in [0.1, 0.15) is 0 Å². The molecule has 0 N–H and O–H groups in total. The molecule has 0 atom stereocenters. The molecule has 0 saturated carbocycles. The number of halogens is 2. The quantitative estimate of drug-likeness (QED) is 0.446. The third kappa shape index (κ3) is 2.57. The van der Waals surface area contributed by atoms with Crippen LogP contribution in [0, 0.1) is 5.82 Å². The Hall–Kier alpha value is -2.31. The van der Waals surface area contributed by atoms with Gasteiger partial charge < -0.3 is 4.42 Å². The summed E-state index contributed by atoms with van der Waals surface area (Å²) in [7, 11) is 0. The smallest absolute Gasteiger partial charge is 0.348 e. The highest BCUT2D eigenvalue weighted by molar-refractivity contribution is 9.10. The number of thiophene rings is 1. The molecule has 118 valence electrons. The molecule has 6 heteroatoms. The van der Waals surface area contributed by atoms with Crippen molar-refractivity contribution in [1.29, 1.82) is 0 Å². The van der Waals surface area contributed by atoms with Crippen molar-refractivity contribution in [3.05, 3.63) is 74.6 Å². The Morgan fingerprint density at radius 2 is 1.79 bits per heavy atom. The molecule has 0 radical (unpaired) electrons. The highest BCUT2D eigenvalue weighted by atomic mass is 79.9. The van der Waals surface area contributed by atoms with Crippen molar-refractivity contribution in [1.82, 2.24) is 4.98 Å². The third-order valence-electron chi connectivity index (χ3n) is 3.63. The summed E-state index contributed by atoms with van der Waals surface area (Å²) in [6.07, 6.45) is 0. The molecule has 2 heterocycles. The second-order valence-corrected chi connectivity index (χ2v) is 6.90.